The number of fused-ring (bicyclic) bond motifs is 2. The third-order valence-electron chi connectivity index (χ3n) is 14.3. The molecule has 8 amide bonds. The first kappa shape index (κ1) is 51.8. The minimum atomic E-state index is -0.987. The Kier molecular flexibility index (Phi) is 16.6. The van der Waals surface area contributed by atoms with E-state index in [2.05, 4.69) is 54.7 Å². The van der Waals surface area contributed by atoms with Gasteiger partial charge in [0.2, 0.25) is 35.4 Å². The van der Waals surface area contributed by atoms with Gasteiger partial charge < -0.3 is 52.3 Å². The van der Waals surface area contributed by atoms with Crippen molar-refractivity contribution in [2.75, 3.05) is 27.2 Å². The first-order valence-corrected chi connectivity index (χ1v) is 24.5. The molecule has 68 heavy (non-hydrogen) atoms. The Hall–Kier alpha value is -5.55. The lowest BCUT2D eigenvalue weighted by atomic mass is 9.85. The number of rotatable bonds is 14. The maximum Gasteiger partial charge on any atom is 0.315 e. The third kappa shape index (κ3) is 12.2. The number of carbonyl (C=O) groups excluding carboxylic acids is 7. The molecule has 2 heterocycles. The van der Waals surface area contributed by atoms with E-state index < -0.39 is 77.0 Å². The number of amides is 8. The molecule has 2 fully saturated rings. The lowest BCUT2D eigenvalue weighted by Gasteiger charge is -2.36. The Bertz CT molecular complexity index is 2040. The highest BCUT2D eigenvalue weighted by Gasteiger charge is 2.48. The fourth-order valence-corrected chi connectivity index (χ4v) is 10.0. The Labute approximate surface area is 402 Å². The number of benzene rings is 2. The van der Waals surface area contributed by atoms with Crippen LogP contribution >= 0.6 is 0 Å². The van der Waals surface area contributed by atoms with Crippen LogP contribution in [0.1, 0.15) is 128 Å². The van der Waals surface area contributed by atoms with Gasteiger partial charge in [0.25, 0.3) is 0 Å². The van der Waals surface area contributed by atoms with Gasteiger partial charge in [0, 0.05) is 13.1 Å². The Balaban J connectivity index is 1.22. The first-order valence-electron chi connectivity index (χ1n) is 24.5. The van der Waals surface area contributed by atoms with Gasteiger partial charge in [-0.2, -0.15) is 0 Å². The van der Waals surface area contributed by atoms with Crippen LogP contribution in [-0.2, 0) is 41.6 Å². The van der Waals surface area contributed by atoms with Crippen molar-refractivity contribution in [3.05, 3.63) is 70.8 Å². The van der Waals surface area contributed by atoms with E-state index in [9.17, 15) is 33.6 Å². The molecule has 0 unspecified atom stereocenters. The zero-order valence-corrected chi connectivity index (χ0v) is 41.7. The van der Waals surface area contributed by atoms with Crippen LogP contribution in [0.15, 0.2) is 48.5 Å². The van der Waals surface area contributed by atoms with Crippen molar-refractivity contribution in [3.8, 4) is 0 Å². The minimum absolute atomic E-state index is 0.00318. The molecule has 2 aromatic rings. The smallest absolute Gasteiger partial charge is 0.315 e. The molecule has 0 bridgehead atoms. The normalized spacial score (nSPS) is 24.3. The molecule has 17 heteroatoms. The zero-order valence-electron chi connectivity index (χ0n) is 41.7. The van der Waals surface area contributed by atoms with Crippen molar-refractivity contribution in [2.45, 2.75) is 167 Å². The summed E-state index contributed by atoms with van der Waals surface area (Å²) in [5.41, 5.74) is 2.95. The van der Waals surface area contributed by atoms with Gasteiger partial charge in [-0.25, -0.2) is 4.79 Å². The number of nitrogens with zero attached hydrogens (tertiary/aromatic N) is 2. The Morgan fingerprint density at radius 3 is 1.28 bits per heavy atom. The van der Waals surface area contributed by atoms with Gasteiger partial charge in [-0.1, -0.05) is 90.1 Å². The third-order valence-corrected chi connectivity index (χ3v) is 14.3. The maximum absolute atomic E-state index is 14.7. The second-order valence-electron chi connectivity index (χ2n) is 21.4. The number of aryl methyl sites for hydroxylation is 2. The Morgan fingerprint density at radius 2 is 0.926 bits per heavy atom. The molecule has 0 spiro atoms. The van der Waals surface area contributed by atoms with Crippen molar-refractivity contribution >= 4 is 41.5 Å². The van der Waals surface area contributed by atoms with Crippen LogP contribution in [0.5, 0.6) is 0 Å². The highest BCUT2D eigenvalue weighted by molar-refractivity contribution is 5.95. The summed E-state index contributed by atoms with van der Waals surface area (Å²) in [6, 6.07) is 8.57. The van der Waals surface area contributed by atoms with Crippen LogP contribution in [0.4, 0.5) is 4.79 Å². The monoisotopic (exact) mass is 941 g/mol. The summed E-state index contributed by atoms with van der Waals surface area (Å²) in [4.78, 5) is 102. The largest absolute Gasteiger partial charge is 0.347 e. The lowest BCUT2D eigenvalue weighted by molar-refractivity contribution is -0.144. The van der Waals surface area contributed by atoms with Crippen molar-refractivity contribution in [1.82, 2.24) is 52.3 Å². The topological polar surface area (TPSA) is 222 Å². The van der Waals surface area contributed by atoms with Crippen LogP contribution in [-0.4, -0.2) is 127 Å². The zero-order chi connectivity index (χ0) is 49.7. The first-order chi connectivity index (χ1) is 32.1. The molecule has 2 aromatic carbocycles. The van der Waals surface area contributed by atoms with Gasteiger partial charge in [0.1, 0.15) is 24.2 Å². The predicted octanol–water partition coefficient (Wildman–Crippen LogP) is 2.89. The Morgan fingerprint density at radius 1 is 0.559 bits per heavy atom. The van der Waals surface area contributed by atoms with Crippen LogP contribution in [0.3, 0.4) is 0 Å². The second kappa shape index (κ2) is 21.8. The van der Waals surface area contributed by atoms with E-state index in [1.54, 1.807) is 27.9 Å². The fraction of sp³-hybridized carbons (Fsp3) is 0.627. The molecule has 4 aliphatic rings. The summed E-state index contributed by atoms with van der Waals surface area (Å²) < 4.78 is 0. The SMILES string of the molecule is CN[C@@H](C)C(=O)N[C@H](C(=O)N1C[C@@H](NC(=O)N[C@H]2C[C@@H](C(=O)N[C@@H]3CCCc4ccccc43)N(C(=O)[C@@H](NC(=O)[C@H](C)NC)C(C)(C)C)C2)C[C@H]1C(=O)N[C@@H]1CCCc2ccccc21)C(C)(C)C. The van der Waals surface area contributed by atoms with Gasteiger partial charge in [-0.15, -0.1) is 0 Å². The van der Waals surface area contributed by atoms with E-state index in [-0.39, 0.29) is 61.6 Å². The molecule has 372 valence electrons. The number of likely N-dealkylation sites (tertiary alicyclic amines) is 2. The number of hydrogen-bond acceptors (Lipinski definition) is 9. The molecule has 0 radical (unpaired) electrons. The van der Waals surface area contributed by atoms with Gasteiger partial charge in [0.15, 0.2) is 0 Å². The number of carbonyl (C=O) groups is 7. The molecule has 10 atom stereocenters. The van der Waals surface area contributed by atoms with Crippen molar-refractivity contribution < 1.29 is 33.6 Å². The van der Waals surface area contributed by atoms with Crippen molar-refractivity contribution in [2.24, 2.45) is 10.8 Å². The van der Waals surface area contributed by atoms with Crippen LogP contribution in [0.2, 0.25) is 0 Å². The standard InChI is InChI=1S/C51H76N10O7/c1-29(52-9)43(62)58-41(50(3,4)5)47(66)60-27-33(25-39(60)45(64)56-37-23-15-19-31-17-11-13-21-35(31)37)54-49(68)55-34-26-40(46(65)57-38-24-16-20-32-18-12-14-22-36(32)38)61(28-34)48(67)42(51(6,7)8)59-44(63)30(2)53-10/h11-14,17-18,21-22,29-30,33-34,37-42,52-53H,15-16,19-20,23-28H2,1-10H3,(H,56,64)(H,57,65)(H,58,62)(H,59,63)(H2,54,55,68)/t29-,30-,33-,34-,37+,38+,39-,40-,41+,42+/m0/s1. The predicted molar refractivity (Wildman–Crippen MR) is 260 cm³/mol. The van der Waals surface area contributed by atoms with E-state index in [0.717, 1.165) is 49.7 Å². The summed E-state index contributed by atoms with van der Waals surface area (Å²) in [7, 11) is 3.32. The quantitative estimate of drug-likeness (QED) is 0.139. The average Bonchev–Trinajstić information content (AvgIpc) is 3.93. The molecule has 0 aromatic heterocycles. The summed E-state index contributed by atoms with van der Waals surface area (Å²) in [5.74, 6) is -2.30. The summed E-state index contributed by atoms with van der Waals surface area (Å²) in [6.07, 6.45) is 5.30. The van der Waals surface area contributed by atoms with Crippen molar-refractivity contribution in [3.63, 3.8) is 0 Å². The van der Waals surface area contributed by atoms with E-state index >= 15 is 0 Å². The minimum Gasteiger partial charge on any atom is -0.347 e. The van der Waals surface area contributed by atoms with E-state index in [0.29, 0.717) is 0 Å². The number of hydrogen-bond donors (Lipinski definition) is 8. The van der Waals surface area contributed by atoms with E-state index in [4.69, 9.17) is 0 Å². The molecule has 2 aliphatic heterocycles. The molecule has 8 N–H and O–H groups in total. The van der Waals surface area contributed by atoms with E-state index in [1.165, 1.54) is 20.9 Å². The number of nitrogens with one attached hydrogen (secondary N) is 8. The number of urea groups is 1. The highest BCUT2D eigenvalue weighted by atomic mass is 16.2. The highest BCUT2D eigenvalue weighted by Crippen LogP contribution is 2.34. The molecule has 17 nitrogen and oxygen atoms in total. The molecule has 2 saturated heterocycles. The maximum atomic E-state index is 14.7. The summed E-state index contributed by atoms with van der Waals surface area (Å²) >= 11 is 0. The van der Waals surface area contributed by atoms with Crippen LogP contribution < -0.4 is 42.5 Å². The fourth-order valence-electron chi connectivity index (χ4n) is 10.0. The van der Waals surface area contributed by atoms with Gasteiger partial charge in [-0.05, 0) is 112 Å². The summed E-state index contributed by atoms with van der Waals surface area (Å²) in [5, 5.41) is 24.1. The molecular weight excluding hydrogens is 865 g/mol. The van der Waals surface area contributed by atoms with E-state index in [1.807, 2.05) is 77.9 Å². The van der Waals surface area contributed by atoms with Gasteiger partial charge in [-0.3, -0.25) is 28.8 Å². The molecule has 0 saturated carbocycles. The van der Waals surface area contributed by atoms with Crippen LogP contribution in [0, 0.1) is 10.8 Å². The average molecular weight is 941 g/mol. The van der Waals surface area contributed by atoms with Crippen molar-refractivity contribution in [1.29, 1.82) is 0 Å². The van der Waals surface area contributed by atoms with Gasteiger partial charge >= 0.3 is 6.03 Å². The number of likely N-dealkylation sites (N-methyl/N-ethyl adjacent to an activating group) is 2. The second-order valence-corrected chi connectivity index (χ2v) is 21.4. The van der Waals surface area contributed by atoms with Crippen LogP contribution in [0.25, 0.3) is 0 Å². The molecule has 6 rings (SSSR count). The lowest BCUT2D eigenvalue weighted by Crippen LogP contribution is -2.60. The summed E-state index contributed by atoms with van der Waals surface area (Å²) in [6.45, 7) is 14.5. The molecule has 2 aliphatic carbocycles. The van der Waals surface area contributed by atoms with Gasteiger partial charge in [0.05, 0.1) is 36.3 Å². The molecular formula is C51H76N10O7.